The first-order valence-corrected chi connectivity index (χ1v) is 14.9. The summed E-state index contributed by atoms with van der Waals surface area (Å²) in [7, 11) is 0. The molecule has 37 heavy (non-hydrogen) atoms. The van der Waals surface area contributed by atoms with Crippen LogP contribution in [0.3, 0.4) is 0 Å². The van der Waals surface area contributed by atoms with E-state index in [1.54, 1.807) is 5.57 Å². The van der Waals surface area contributed by atoms with E-state index in [1.807, 2.05) is 6.92 Å². The number of allylic oxidation sites excluding steroid dienone is 2. The Kier molecular flexibility index (Phi) is 4.93. The predicted molar refractivity (Wildman–Crippen MR) is 137 cm³/mol. The standard InChI is InChI=1S/C31H43NO5/c1-15(2)19-14-31-9-6-20-29(3,7-5-8-30(20,4)28(36)37)21(31)13-16(19)22-17-12-18(25(22)31)24-23(17)26(34)32(10-11-33)27(24)35/h14-18,20-25,33H,5-13H2,1-4H3,(H,36,37). The van der Waals surface area contributed by atoms with E-state index in [-0.39, 0.29) is 65.4 Å². The van der Waals surface area contributed by atoms with Gasteiger partial charge in [0.2, 0.25) is 11.8 Å². The number of carboxylic acid groups (broad SMARTS) is 1. The molecule has 12 atom stereocenters. The molecule has 8 rings (SSSR count). The van der Waals surface area contributed by atoms with Crippen LogP contribution in [-0.2, 0) is 14.4 Å². The summed E-state index contributed by atoms with van der Waals surface area (Å²) < 4.78 is 0. The van der Waals surface area contributed by atoms with Crippen LogP contribution >= 0.6 is 0 Å². The molecule has 0 aromatic carbocycles. The van der Waals surface area contributed by atoms with Gasteiger partial charge in [-0.3, -0.25) is 19.3 Å². The summed E-state index contributed by atoms with van der Waals surface area (Å²) in [6, 6.07) is 0. The van der Waals surface area contributed by atoms with Crippen molar-refractivity contribution in [1.29, 1.82) is 0 Å². The summed E-state index contributed by atoms with van der Waals surface area (Å²) in [5.74, 6) is 1.85. The summed E-state index contributed by atoms with van der Waals surface area (Å²) in [4.78, 5) is 41.0. The zero-order chi connectivity index (χ0) is 26.2. The van der Waals surface area contributed by atoms with Crippen LogP contribution in [0.2, 0.25) is 0 Å². The Morgan fingerprint density at radius 3 is 2.41 bits per heavy atom. The van der Waals surface area contributed by atoms with Crippen molar-refractivity contribution in [3.63, 3.8) is 0 Å². The van der Waals surface area contributed by atoms with E-state index in [0.717, 1.165) is 44.9 Å². The maximum Gasteiger partial charge on any atom is 0.309 e. The summed E-state index contributed by atoms with van der Waals surface area (Å²) in [6.45, 7) is 9.01. The van der Waals surface area contributed by atoms with Crippen LogP contribution in [0, 0.1) is 75.4 Å². The maximum atomic E-state index is 13.6. The molecule has 2 amide bonds. The number of aliphatic hydroxyl groups is 1. The second kappa shape index (κ2) is 7.49. The van der Waals surface area contributed by atoms with Crippen LogP contribution in [0.5, 0.6) is 0 Å². The Morgan fingerprint density at radius 2 is 1.76 bits per heavy atom. The number of aliphatic hydroxyl groups excluding tert-OH is 1. The van der Waals surface area contributed by atoms with E-state index in [9.17, 15) is 24.6 Å². The minimum atomic E-state index is -0.659. The number of nitrogens with zero attached hydrogens (tertiary/aromatic N) is 1. The zero-order valence-electron chi connectivity index (χ0n) is 22.8. The molecule has 0 radical (unpaired) electrons. The average Bonchev–Trinajstić information content (AvgIpc) is 3.51. The van der Waals surface area contributed by atoms with Gasteiger partial charge >= 0.3 is 5.97 Å². The highest BCUT2D eigenvalue weighted by Gasteiger charge is 2.77. The summed E-state index contributed by atoms with van der Waals surface area (Å²) in [6.07, 6.45) is 9.61. The number of amides is 2. The lowest BCUT2D eigenvalue weighted by atomic mass is 9.33. The van der Waals surface area contributed by atoms with Gasteiger partial charge in [-0.2, -0.15) is 0 Å². The minimum absolute atomic E-state index is 0.00840. The molecule has 12 unspecified atom stereocenters. The fourth-order valence-corrected chi connectivity index (χ4v) is 12.6. The third-order valence-corrected chi connectivity index (χ3v) is 13.5. The summed E-state index contributed by atoms with van der Waals surface area (Å²) in [5, 5.41) is 19.9. The Bertz CT molecular complexity index is 1110. The van der Waals surface area contributed by atoms with Gasteiger partial charge in [-0.05, 0) is 104 Å². The van der Waals surface area contributed by atoms with Crippen molar-refractivity contribution >= 4 is 17.8 Å². The molecule has 1 spiro atoms. The fourth-order valence-electron chi connectivity index (χ4n) is 12.6. The van der Waals surface area contributed by atoms with Gasteiger partial charge in [0.05, 0.1) is 30.4 Å². The second-order valence-electron chi connectivity index (χ2n) is 14.7. The number of fused-ring (bicyclic) bond motifs is 6. The van der Waals surface area contributed by atoms with E-state index in [4.69, 9.17) is 0 Å². The number of carboxylic acids is 1. The van der Waals surface area contributed by atoms with Gasteiger partial charge in [-0.1, -0.05) is 38.8 Å². The van der Waals surface area contributed by atoms with Gasteiger partial charge in [-0.25, -0.2) is 0 Å². The highest BCUT2D eigenvalue weighted by atomic mass is 16.4. The Labute approximate surface area is 220 Å². The SMILES string of the molecule is CC(C)C1=CC23CCC4C(C)(C(=O)O)CCCC4(C)C2CC1C1C2CC(C4C(=O)N(CCO)C(=O)C24)C13. The van der Waals surface area contributed by atoms with Crippen LogP contribution in [0.15, 0.2) is 11.6 Å². The Hall–Kier alpha value is -1.69. The van der Waals surface area contributed by atoms with Crippen molar-refractivity contribution < 1.29 is 24.6 Å². The molecule has 1 aliphatic heterocycles. The number of imide groups is 1. The van der Waals surface area contributed by atoms with E-state index >= 15 is 0 Å². The average molecular weight is 510 g/mol. The van der Waals surface area contributed by atoms with Crippen LogP contribution in [0.25, 0.3) is 0 Å². The van der Waals surface area contributed by atoms with Crippen molar-refractivity contribution in [1.82, 2.24) is 4.90 Å². The molecule has 6 nitrogen and oxygen atoms in total. The molecule has 7 aliphatic carbocycles. The summed E-state index contributed by atoms with van der Waals surface area (Å²) >= 11 is 0. The van der Waals surface area contributed by atoms with Gasteiger partial charge in [0.1, 0.15) is 0 Å². The van der Waals surface area contributed by atoms with Crippen molar-refractivity contribution in [3.05, 3.63) is 11.6 Å². The van der Waals surface area contributed by atoms with Gasteiger partial charge in [0.25, 0.3) is 0 Å². The molecule has 202 valence electrons. The highest BCUT2D eigenvalue weighted by molar-refractivity contribution is 6.06. The fraction of sp³-hybridized carbons (Fsp3) is 0.839. The first-order chi connectivity index (χ1) is 17.5. The number of hydrogen-bond acceptors (Lipinski definition) is 4. The molecule has 0 aromatic rings. The molecule has 5 saturated carbocycles. The van der Waals surface area contributed by atoms with E-state index < -0.39 is 11.4 Å². The van der Waals surface area contributed by atoms with Crippen LogP contribution in [-0.4, -0.2) is 46.0 Å². The van der Waals surface area contributed by atoms with E-state index in [1.165, 1.54) is 4.90 Å². The van der Waals surface area contributed by atoms with Gasteiger partial charge in [0.15, 0.2) is 0 Å². The molecule has 6 fully saturated rings. The molecule has 8 aliphatic rings. The molecule has 1 saturated heterocycles. The predicted octanol–water partition coefficient (Wildman–Crippen LogP) is 4.37. The Balaban J connectivity index is 1.34. The van der Waals surface area contributed by atoms with Crippen LogP contribution < -0.4 is 0 Å². The number of carbonyl (C=O) groups excluding carboxylic acids is 2. The van der Waals surface area contributed by atoms with Crippen molar-refractivity contribution in [2.75, 3.05) is 13.2 Å². The smallest absolute Gasteiger partial charge is 0.309 e. The molecule has 4 bridgehead atoms. The van der Waals surface area contributed by atoms with Crippen molar-refractivity contribution in [2.45, 2.75) is 72.6 Å². The monoisotopic (exact) mass is 509 g/mol. The third kappa shape index (κ3) is 2.65. The number of likely N-dealkylation sites (tertiary alicyclic amines) is 1. The second-order valence-corrected chi connectivity index (χ2v) is 14.7. The van der Waals surface area contributed by atoms with Crippen molar-refractivity contribution in [2.24, 2.45) is 75.4 Å². The van der Waals surface area contributed by atoms with Gasteiger partial charge in [0, 0.05) is 0 Å². The number of hydrogen-bond donors (Lipinski definition) is 2. The largest absolute Gasteiger partial charge is 0.481 e. The maximum absolute atomic E-state index is 13.6. The topological polar surface area (TPSA) is 94.9 Å². The quantitative estimate of drug-likeness (QED) is 0.433. The molecule has 2 N–H and O–H groups in total. The number of aliphatic carboxylic acids is 1. The first kappa shape index (κ1) is 24.4. The molecule has 1 heterocycles. The highest BCUT2D eigenvalue weighted by Crippen LogP contribution is 2.80. The molecule has 6 heteroatoms. The normalized spacial score (nSPS) is 53.2. The molecule has 0 aromatic heterocycles. The number of rotatable bonds is 4. The number of β-amino-alcohol motifs (C(OH)–C–C–N with tert-alkyl or cyclic N) is 1. The third-order valence-electron chi connectivity index (χ3n) is 13.5. The zero-order valence-corrected chi connectivity index (χ0v) is 22.8. The van der Waals surface area contributed by atoms with Crippen molar-refractivity contribution in [3.8, 4) is 0 Å². The first-order valence-electron chi connectivity index (χ1n) is 14.9. The lowest BCUT2D eigenvalue weighted by molar-refractivity contribution is -0.206. The van der Waals surface area contributed by atoms with Crippen LogP contribution in [0.4, 0.5) is 0 Å². The summed E-state index contributed by atoms with van der Waals surface area (Å²) in [5.41, 5.74) is 0.919. The van der Waals surface area contributed by atoms with Gasteiger partial charge in [-0.15, -0.1) is 0 Å². The molecular weight excluding hydrogens is 466 g/mol. The minimum Gasteiger partial charge on any atom is -0.481 e. The molecular formula is C31H43NO5. The lowest BCUT2D eigenvalue weighted by Crippen LogP contribution is -2.66. The van der Waals surface area contributed by atoms with E-state index in [0.29, 0.717) is 29.6 Å². The van der Waals surface area contributed by atoms with Gasteiger partial charge < -0.3 is 10.2 Å². The Morgan fingerprint density at radius 1 is 1.05 bits per heavy atom. The van der Waals surface area contributed by atoms with Crippen LogP contribution in [0.1, 0.15) is 72.6 Å². The van der Waals surface area contributed by atoms with E-state index in [2.05, 4.69) is 26.8 Å². The lowest BCUT2D eigenvalue weighted by Gasteiger charge is -2.71. The number of carbonyl (C=O) groups is 3.